The summed E-state index contributed by atoms with van der Waals surface area (Å²) in [4.78, 5) is 0. The van der Waals surface area contributed by atoms with Crippen molar-refractivity contribution in [2.75, 3.05) is 6.61 Å². The monoisotopic (exact) mass is 245 g/mol. The highest BCUT2D eigenvalue weighted by atomic mass is 31.1. The van der Waals surface area contributed by atoms with Crippen molar-refractivity contribution in [3.8, 4) is 0 Å². The first-order valence-electron chi connectivity index (χ1n) is 5.55. The van der Waals surface area contributed by atoms with Gasteiger partial charge in [-0.25, -0.2) is 0 Å². The predicted octanol–water partition coefficient (Wildman–Crippen LogP) is 3.31. The summed E-state index contributed by atoms with van der Waals surface area (Å²) in [5, 5.41) is 0.746. The lowest BCUT2D eigenvalue weighted by Crippen LogP contribution is -2.00. The van der Waals surface area contributed by atoms with E-state index in [0.29, 0.717) is 6.61 Å². The second kappa shape index (κ2) is 6.29. The molecule has 1 unspecified atom stereocenters. The maximum absolute atomic E-state index is 11.8. The lowest BCUT2D eigenvalue weighted by atomic mass is 10.2. The summed E-state index contributed by atoms with van der Waals surface area (Å²) in [6.45, 7) is 0.480. The number of hydrogen-bond acceptors (Lipinski definition) is 2. The van der Waals surface area contributed by atoms with Gasteiger partial charge in [0.05, 0.1) is 0 Å². The molecule has 0 radical (unpaired) electrons. The van der Waals surface area contributed by atoms with Crippen molar-refractivity contribution >= 4 is 13.3 Å². The molecule has 0 N–H and O–H groups in total. The van der Waals surface area contributed by atoms with Gasteiger partial charge in [0, 0.05) is 6.42 Å². The Morgan fingerprint density at radius 1 is 0.882 bits per heavy atom. The molecule has 17 heavy (non-hydrogen) atoms. The molecule has 2 rings (SSSR count). The molecule has 0 heterocycles. The highest BCUT2D eigenvalue weighted by Gasteiger charge is 2.20. The first-order chi connectivity index (χ1) is 8.36. The van der Waals surface area contributed by atoms with Crippen LogP contribution in [0.25, 0.3) is 0 Å². The van der Waals surface area contributed by atoms with Gasteiger partial charge < -0.3 is 0 Å². The zero-order chi connectivity index (χ0) is 11.9. The van der Waals surface area contributed by atoms with Gasteiger partial charge >= 0.3 is 8.03 Å². The number of benzene rings is 2. The molecule has 0 amide bonds. The van der Waals surface area contributed by atoms with Crippen LogP contribution in [0.3, 0.4) is 0 Å². The summed E-state index contributed by atoms with van der Waals surface area (Å²) >= 11 is 0. The Labute approximate surface area is 102 Å². The molecule has 0 spiro atoms. The Bertz CT molecular complexity index is 468. The fourth-order valence-corrected chi connectivity index (χ4v) is 2.34. The SMILES string of the molecule is O=[P+](OCCc1ccccc1)c1ccccc1. The lowest BCUT2D eigenvalue weighted by molar-refractivity contribution is 0.339. The third-order valence-electron chi connectivity index (χ3n) is 2.41. The molecule has 1 atom stereocenters. The summed E-state index contributed by atoms with van der Waals surface area (Å²) in [6.07, 6.45) is 0.786. The third kappa shape index (κ3) is 3.77. The van der Waals surface area contributed by atoms with Gasteiger partial charge in [-0.05, 0) is 22.3 Å². The molecule has 3 heteroatoms. The van der Waals surface area contributed by atoms with Crippen LogP contribution in [0.5, 0.6) is 0 Å². The van der Waals surface area contributed by atoms with Gasteiger partial charge in [0.15, 0.2) is 0 Å². The van der Waals surface area contributed by atoms with E-state index in [2.05, 4.69) is 0 Å². The van der Waals surface area contributed by atoms with E-state index < -0.39 is 8.03 Å². The predicted molar refractivity (Wildman–Crippen MR) is 69.8 cm³/mol. The van der Waals surface area contributed by atoms with E-state index in [1.54, 1.807) is 0 Å². The van der Waals surface area contributed by atoms with E-state index >= 15 is 0 Å². The first-order valence-corrected chi connectivity index (χ1v) is 6.73. The molecule has 0 saturated heterocycles. The fraction of sp³-hybridized carbons (Fsp3) is 0.143. The maximum atomic E-state index is 11.8. The molecular formula is C14H14O2P+. The smallest absolute Gasteiger partial charge is 0.141 e. The van der Waals surface area contributed by atoms with Crippen LogP contribution in [0.2, 0.25) is 0 Å². The van der Waals surface area contributed by atoms with Crippen LogP contribution in [-0.4, -0.2) is 6.61 Å². The highest BCUT2D eigenvalue weighted by molar-refractivity contribution is 7.48. The minimum Gasteiger partial charge on any atom is -0.141 e. The van der Waals surface area contributed by atoms with Gasteiger partial charge in [-0.15, -0.1) is 4.52 Å². The van der Waals surface area contributed by atoms with E-state index in [1.807, 2.05) is 60.7 Å². The molecule has 0 aliphatic carbocycles. The van der Waals surface area contributed by atoms with Crippen LogP contribution in [0, 0.1) is 0 Å². The first kappa shape index (κ1) is 12.0. The molecule has 0 aliphatic heterocycles. The Morgan fingerprint density at radius 2 is 1.47 bits per heavy atom. The van der Waals surface area contributed by atoms with Crippen LogP contribution in [0.1, 0.15) is 5.56 Å². The molecule has 0 aromatic heterocycles. The van der Waals surface area contributed by atoms with Gasteiger partial charge in [-0.3, -0.25) is 0 Å². The van der Waals surface area contributed by atoms with Crippen molar-refractivity contribution in [3.63, 3.8) is 0 Å². The van der Waals surface area contributed by atoms with Crippen LogP contribution >= 0.6 is 8.03 Å². The van der Waals surface area contributed by atoms with E-state index in [1.165, 1.54) is 5.56 Å². The molecule has 2 aromatic carbocycles. The van der Waals surface area contributed by atoms with Crippen molar-refractivity contribution in [1.29, 1.82) is 0 Å². The summed E-state index contributed by atoms with van der Waals surface area (Å²) in [7, 11) is -1.72. The summed E-state index contributed by atoms with van der Waals surface area (Å²) < 4.78 is 17.1. The molecular weight excluding hydrogens is 231 g/mol. The van der Waals surface area contributed by atoms with Crippen LogP contribution in [-0.2, 0) is 15.5 Å². The van der Waals surface area contributed by atoms with E-state index in [0.717, 1.165) is 11.7 Å². The van der Waals surface area contributed by atoms with Gasteiger partial charge in [0.25, 0.3) is 0 Å². The number of hydrogen-bond donors (Lipinski definition) is 0. The van der Waals surface area contributed by atoms with E-state index in [-0.39, 0.29) is 0 Å². The zero-order valence-electron chi connectivity index (χ0n) is 9.45. The molecule has 2 nitrogen and oxygen atoms in total. The lowest BCUT2D eigenvalue weighted by Gasteiger charge is -1.95. The second-order valence-electron chi connectivity index (χ2n) is 3.66. The molecule has 0 saturated carbocycles. The zero-order valence-corrected chi connectivity index (χ0v) is 10.3. The molecule has 0 aliphatic rings. The fourth-order valence-electron chi connectivity index (χ4n) is 1.52. The van der Waals surface area contributed by atoms with Crippen molar-refractivity contribution in [2.24, 2.45) is 0 Å². The maximum Gasteiger partial charge on any atom is 0.548 e. The van der Waals surface area contributed by atoms with Crippen molar-refractivity contribution in [3.05, 3.63) is 66.2 Å². The second-order valence-corrected chi connectivity index (χ2v) is 4.95. The summed E-state index contributed by atoms with van der Waals surface area (Å²) in [5.74, 6) is 0. The number of rotatable bonds is 5. The van der Waals surface area contributed by atoms with Gasteiger partial charge in [-0.1, -0.05) is 48.5 Å². The quantitative estimate of drug-likeness (QED) is 0.755. The minimum atomic E-state index is -1.72. The van der Waals surface area contributed by atoms with Crippen LogP contribution < -0.4 is 5.30 Å². The molecule has 0 bridgehead atoms. The Hall–Kier alpha value is -1.50. The van der Waals surface area contributed by atoms with E-state index in [4.69, 9.17) is 4.52 Å². The van der Waals surface area contributed by atoms with Crippen molar-refractivity contribution < 1.29 is 9.09 Å². The van der Waals surface area contributed by atoms with Crippen LogP contribution in [0.4, 0.5) is 0 Å². The van der Waals surface area contributed by atoms with Gasteiger partial charge in [-0.2, -0.15) is 0 Å². The Kier molecular flexibility index (Phi) is 4.43. The largest absolute Gasteiger partial charge is 0.548 e. The van der Waals surface area contributed by atoms with Crippen molar-refractivity contribution in [1.82, 2.24) is 0 Å². The summed E-state index contributed by atoms with van der Waals surface area (Å²) in [6, 6.07) is 19.3. The van der Waals surface area contributed by atoms with Gasteiger partial charge in [0.1, 0.15) is 6.61 Å². The van der Waals surface area contributed by atoms with Crippen LogP contribution in [0.15, 0.2) is 60.7 Å². The highest BCUT2D eigenvalue weighted by Crippen LogP contribution is 2.21. The normalized spacial score (nSPS) is 11.2. The van der Waals surface area contributed by atoms with Gasteiger partial charge in [0.2, 0.25) is 5.30 Å². The molecule has 2 aromatic rings. The Morgan fingerprint density at radius 3 is 2.12 bits per heavy atom. The third-order valence-corrected chi connectivity index (χ3v) is 3.55. The minimum absolute atomic E-state index is 0.480. The molecule has 0 fully saturated rings. The Balaban J connectivity index is 1.82. The molecule has 86 valence electrons. The topological polar surface area (TPSA) is 26.3 Å². The standard InChI is InChI=1S/C14H14O2P/c15-17(14-9-5-2-6-10-14)16-12-11-13-7-3-1-4-8-13/h1-10H,11-12H2/q+1. The average molecular weight is 245 g/mol. The summed E-state index contributed by atoms with van der Waals surface area (Å²) in [5.41, 5.74) is 1.20. The average Bonchev–Trinajstić information content (AvgIpc) is 2.41. The van der Waals surface area contributed by atoms with Crippen molar-refractivity contribution in [2.45, 2.75) is 6.42 Å². The van der Waals surface area contributed by atoms with E-state index in [9.17, 15) is 4.57 Å².